The fourth-order valence-electron chi connectivity index (χ4n) is 3.12. The molecule has 0 fully saturated rings. The molecule has 0 unspecified atom stereocenters. The van der Waals surface area contributed by atoms with Gasteiger partial charge in [0.05, 0.1) is 31.2 Å². The van der Waals surface area contributed by atoms with Crippen LogP contribution < -0.4 is 14.8 Å². The quantitative estimate of drug-likeness (QED) is 0.279. The number of nitrogens with one attached hydrogen (secondary N) is 1. The normalized spacial score (nSPS) is 10.7. The van der Waals surface area contributed by atoms with E-state index in [4.69, 9.17) is 26.1 Å². The van der Waals surface area contributed by atoms with Crippen LogP contribution in [-0.4, -0.2) is 35.8 Å². The number of ether oxygens (including phenoxy) is 2. The first kappa shape index (κ1) is 21.9. The second kappa shape index (κ2) is 9.89. The molecule has 1 aromatic heterocycles. The summed E-state index contributed by atoms with van der Waals surface area (Å²) in [5, 5.41) is 4.96. The molecule has 8 heteroatoms. The maximum Gasteiger partial charge on any atom is 0.234 e. The molecule has 162 valence electrons. The number of benzene rings is 3. The van der Waals surface area contributed by atoms with Crippen molar-refractivity contribution >= 4 is 45.9 Å². The summed E-state index contributed by atoms with van der Waals surface area (Å²) in [7, 11) is 3.12. The van der Waals surface area contributed by atoms with Crippen LogP contribution in [0.3, 0.4) is 0 Å². The molecule has 6 nitrogen and oxygen atoms in total. The second-order valence-corrected chi connectivity index (χ2v) is 8.18. The summed E-state index contributed by atoms with van der Waals surface area (Å²) in [5.74, 6) is 1.73. The number of fused-ring (bicyclic) bond motifs is 1. The summed E-state index contributed by atoms with van der Waals surface area (Å²) in [5.41, 5.74) is 2.24. The minimum absolute atomic E-state index is 0.155. The molecule has 1 heterocycles. The highest BCUT2D eigenvalue weighted by Gasteiger charge is 2.14. The lowest BCUT2D eigenvalue weighted by Crippen LogP contribution is -2.15. The van der Waals surface area contributed by atoms with E-state index in [1.165, 1.54) is 11.8 Å². The number of thioether (sulfide) groups is 1. The molecular formula is C24H20ClN3O3S. The first-order chi connectivity index (χ1) is 15.6. The molecule has 32 heavy (non-hydrogen) atoms. The van der Waals surface area contributed by atoms with Crippen molar-refractivity contribution in [1.29, 1.82) is 0 Å². The Morgan fingerprint density at radius 2 is 1.81 bits per heavy atom. The van der Waals surface area contributed by atoms with Crippen LogP contribution in [0.5, 0.6) is 11.5 Å². The Balaban J connectivity index is 1.58. The van der Waals surface area contributed by atoms with Crippen molar-refractivity contribution in [2.75, 3.05) is 25.3 Å². The molecule has 3 aromatic carbocycles. The topological polar surface area (TPSA) is 73.3 Å². The Morgan fingerprint density at radius 3 is 2.56 bits per heavy atom. The molecule has 1 N–H and O–H groups in total. The number of anilines is 1. The highest BCUT2D eigenvalue weighted by molar-refractivity contribution is 8.00. The Morgan fingerprint density at radius 1 is 1.00 bits per heavy atom. The van der Waals surface area contributed by atoms with Crippen molar-refractivity contribution in [1.82, 2.24) is 9.97 Å². The van der Waals surface area contributed by atoms with Gasteiger partial charge in [-0.1, -0.05) is 53.7 Å². The van der Waals surface area contributed by atoms with E-state index in [0.29, 0.717) is 33.1 Å². The highest BCUT2D eigenvalue weighted by atomic mass is 35.5. The standard InChI is InChI=1S/C24H20ClN3O3S/c1-30-17-9-11-20(21(13-17)31-2)26-22(29)14-32-24-18-12-16(25)8-10-19(18)27-23(28-24)15-6-4-3-5-7-15/h3-13H,14H2,1-2H3,(H,26,29). The average molecular weight is 466 g/mol. The van der Waals surface area contributed by atoms with Crippen molar-refractivity contribution in [2.45, 2.75) is 5.03 Å². The minimum Gasteiger partial charge on any atom is -0.497 e. The number of hydrogen-bond donors (Lipinski definition) is 1. The molecule has 0 saturated heterocycles. The zero-order chi connectivity index (χ0) is 22.5. The summed E-state index contributed by atoms with van der Waals surface area (Å²) in [4.78, 5) is 22.1. The number of aromatic nitrogens is 2. The van der Waals surface area contributed by atoms with Crippen molar-refractivity contribution < 1.29 is 14.3 Å². The lowest BCUT2D eigenvalue weighted by molar-refractivity contribution is -0.113. The van der Waals surface area contributed by atoms with Gasteiger partial charge in [0.25, 0.3) is 0 Å². The van der Waals surface area contributed by atoms with Crippen molar-refractivity contribution in [3.8, 4) is 22.9 Å². The number of carbonyl (C=O) groups excluding carboxylic acids is 1. The van der Waals surface area contributed by atoms with Crippen LogP contribution in [0.2, 0.25) is 5.02 Å². The van der Waals surface area contributed by atoms with Gasteiger partial charge >= 0.3 is 0 Å². The molecule has 0 spiro atoms. The van der Waals surface area contributed by atoms with E-state index in [0.717, 1.165) is 16.5 Å². The van der Waals surface area contributed by atoms with Crippen molar-refractivity contribution in [3.63, 3.8) is 0 Å². The van der Waals surface area contributed by atoms with E-state index in [1.807, 2.05) is 42.5 Å². The van der Waals surface area contributed by atoms with E-state index < -0.39 is 0 Å². The average Bonchev–Trinajstić information content (AvgIpc) is 2.83. The van der Waals surface area contributed by atoms with Gasteiger partial charge in [-0.15, -0.1) is 0 Å². The first-order valence-electron chi connectivity index (χ1n) is 9.75. The molecule has 4 rings (SSSR count). The number of amides is 1. The van der Waals surface area contributed by atoms with Gasteiger partial charge in [0, 0.05) is 22.0 Å². The first-order valence-corrected chi connectivity index (χ1v) is 11.1. The van der Waals surface area contributed by atoms with Crippen LogP contribution in [0.25, 0.3) is 22.3 Å². The van der Waals surface area contributed by atoms with E-state index in [9.17, 15) is 4.79 Å². The van der Waals surface area contributed by atoms with Crippen LogP contribution in [0.1, 0.15) is 0 Å². The van der Waals surface area contributed by atoms with Gasteiger partial charge in [0.1, 0.15) is 16.5 Å². The van der Waals surface area contributed by atoms with E-state index in [1.54, 1.807) is 38.5 Å². The van der Waals surface area contributed by atoms with Gasteiger partial charge in [-0.3, -0.25) is 4.79 Å². The molecule has 0 aliphatic heterocycles. The number of methoxy groups -OCH3 is 2. The van der Waals surface area contributed by atoms with Gasteiger partial charge in [-0.25, -0.2) is 9.97 Å². The number of hydrogen-bond acceptors (Lipinski definition) is 6. The predicted molar refractivity (Wildman–Crippen MR) is 129 cm³/mol. The van der Waals surface area contributed by atoms with Crippen molar-refractivity contribution in [2.24, 2.45) is 0 Å². The van der Waals surface area contributed by atoms with Crippen LogP contribution in [0.15, 0.2) is 71.8 Å². The Kier molecular flexibility index (Phi) is 6.78. The summed E-state index contributed by atoms with van der Waals surface area (Å²) in [6, 6.07) is 20.4. The maximum atomic E-state index is 12.7. The van der Waals surface area contributed by atoms with E-state index in [-0.39, 0.29) is 11.7 Å². The summed E-state index contributed by atoms with van der Waals surface area (Å²) >= 11 is 7.54. The summed E-state index contributed by atoms with van der Waals surface area (Å²) in [6.45, 7) is 0. The molecule has 0 aliphatic rings. The fraction of sp³-hybridized carbons (Fsp3) is 0.125. The van der Waals surface area contributed by atoms with Gasteiger partial charge in [0.15, 0.2) is 5.82 Å². The number of carbonyl (C=O) groups is 1. The Labute approximate surface area is 194 Å². The fourth-order valence-corrected chi connectivity index (χ4v) is 4.10. The van der Waals surface area contributed by atoms with Gasteiger partial charge in [-0.05, 0) is 30.3 Å². The summed E-state index contributed by atoms with van der Waals surface area (Å²) in [6.07, 6.45) is 0. The van der Waals surface area contributed by atoms with Gasteiger partial charge in [-0.2, -0.15) is 0 Å². The molecule has 0 atom stereocenters. The van der Waals surface area contributed by atoms with E-state index >= 15 is 0 Å². The Bertz CT molecular complexity index is 1270. The van der Waals surface area contributed by atoms with E-state index in [2.05, 4.69) is 10.3 Å². The molecule has 0 saturated carbocycles. The molecule has 0 radical (unpaired) electrons. The molecule has 1 amide bonds. The van der Waals surface area contributed by atoms with Crippen LogP contribution in [-0.2, 0) is 4.79 Å². The minimum atomic E-state index is -0.187. The van der Waals surface area contributed by atoms with Crippen molar-refractivity contribution in [3.05, 3.63) is 71.8 Å². The number of nitrogens with zero attached hydrogens (tertiary/aromatic N) is 2. The summed E-state index contributed by atoms with van der Waals surface area (Å²) < 4.78 is 10.5. The molecule has 0 aliphatic carbocycles. The smallest absolute Gasteiger partial charge is 0.234 e. The van der Waals surface area contributed by atoms with Gasteiger partial charge < -0.3 is 14.8 Å². The largest absolute Gasteiger partial charge is 0.497 e. The maximum absolute atomic E-state index is 12.7. The van der Waals surface area contributed by atoms with Crippen LogP contribution in [0.4, 0.5) is 5.69 Å². The second-order valence-electron chi connectivity index (χ2n) is 6.78. The Hall–Kier alpha value is -3.29. The van der Waals surface area contributed by atoms with Crippen LogP contribution >= 0.6 is 23.4 Å². The number of rotatable bonds is 7. The zero-order valence-electron chi connectivity index (χ0n) is 17.5. The zero-order valence-corrected chi connectivity index (χ0v) is 19.0. The predicted octanol–water partition coefficient (Wildman–Crippen LogP) is 5.70. The highest BCUT2D eigenvalue weighted by Crippen LogP contribution is 2.32. The monoisotopic (exact) mass is 465 g/mol. The third kappa shape index (κ3) is 4.95. The molecular weight excluding hydrogens is 446 g/mol. The SMILES string of the molecule is COc1ccc(NC(=O)CSc2nc(-c3ccccc3)nc3ccc(Cl)cc23)c(OC)c1. The van der Waals surface area contributed by atoms with Crippen LogP contribution in [0, 0.1) is 0 Å². The third-order valence-corrected chi connectivity index (χ3v) is 5.90. The lowest BCUT2D eigenvalue weighted by atomic mass is 10.2. The molecule has 4 aromatic rings. The number of halogens is 1. The van der Waals surface area contributed by atoms with Gasteiger partial charge in [0.2, 0.25) is 5.91 Å². The molecule has 0 bridgehead atoms. The third-order valence-electron chi connectivity index (χ3n) is 4.68. The lowest BCUT2D eigenvalue weighted by Gasteiger charge is -2.12.